The molecule has 0 unspecified atom stereocenters. The van der Waals surface area contributed by atoms with Gasteiger partial charge in [0.25, 0.3) is 5.91 Å². The maximum atomic E-state index is 11.7. The lowest BCUT2D eigenvalue weighted by molar-refractivity contribution is 0.0948. The second kappa shape index (κ2) is 6.35. The SMILES string of the molecule is CCCNC(=O)c1ccc(N2CCOCC2)cn1. The Balaban J connectivity index is 1.98. The van der Waals surface area contributed by atoms with E-state index in [0.717, 1.165) is 38.4 Å². The van der Waals surface area contributed by atoms with E-state index in [1.807, 2.05) is 13.0 Å². The van der Waals surface area contributed by atoms with Crippen LogP contribution in [0.1, 0.15) is 23.8 Å². The molecule has 1 saturated heterocycles. The summed E-state index contributed by atoms with van der Waals surface area (Å²) in [4.78, 5) is 18.1. The van der Waals surface area contributed by atoms with Crippen LogP contribution in [0.25, 0.3) is 0 Å². The van der Waals surface area contributed by atoms with Gasteiger partial charge in [-0.05, 0) is 18.6 Å². The van der Waals surface area contributed by atoms with Crippen LogP contribution in [0.4, 0.5) is 5.69 Å². The summed E-state index contributed by atoms with van der Waals surface area (Å²) >= 11 is 0. The predicted molar refractivity (Wildman–Crippen MR) is 69.9 cm³/mol. The van der Waals surface area contributed by atoms with Crippen LogP contribution in [-0.4, -0.2) is 43.7 Å². The Hall–Kier alpha value is -1.62. The number of rotatable bonds is 4. The molecule has 0 bridgehead atoms. The van der Waals surface area contributed by atoms with Gasteiger partial charge in [0, 0.05) is 19.6 Å². The lowest BCUT2D eigenvalue weighted by Crippen LogP contribution is -2.36. The summed E-state index contributed by atoms with van der Waals surface area (Å²) in [5, 5.41) is 2.81. The number of carbonyl (C=O) groups is 1. The van der Waals surface area contributed by atoms with Gasteiger partial charge in [0.05, 0.1) is 25.1 Å². The molecule has 0 saturated carbocycles. The second-order valence-electron chi connectivity index (χ2n) is 4.26. The maximum absolute atomic E-state index is 11.7. The number of morpholine rings is 1. The third-order valence-corrected chi connectivity index (χ3v) is 2.89. The quantitative estimate of drug-likeness (QED) is 0.867. The van der Waals surface area contributed by atoms with Crippen molar-refractivity contribution < 1.29 is 9.53 Å². The van der Waals surface area contributed by atoms with E-state index in [-0.39, 0.29) is 5.91 Å². The summed E-state index contributed by atoms with van der Waals surface area (Å²) in [7, 11) is 0. The van der Waals surface area contributed by atoms with Crippen molar-refractivity contribution in [3.63, 3.8) is 0 Å². The molecule has 0 aliphatic carbocycles. The van der Waals surface area contributed by atoms with Crippen molar-refractivity contribution in [2.24, 2.45) is 0 Å². The Morgan fingerprint density at radius 2 is 2.22 bits per heavy atom. The van der Waals surface area contributed by atoms with E-state index in [0.29, 0.717) is 12.2 Å². The third kappa shape index (κ3) is 3.20. The Kier molecular flexibility index (Phi) is 4.52. The number of anilines is 1. The zero-order valence-corrected chi connectivity index (χ0v) is 10.7. The number of nitrogens with zero attached hydrogens (tertiary/aromatic N) is 2. The van der Waals surface area contributed by atoms with E-state index < -0.39 is 0 Å². The number of nitrogens with one attached hydrogen (secondary N) is 1. The van der Waals surface area contributed by atoms with Crippen LogP contribution in [0.5, 0.6) is 0 Å². The Labute approximate surface area is 107 Å². The maximum Gasteiger partial charge on any atom is 0.269 e. The third-order valence-electron chi connectivity index (χ3n) is 2.89. The molecule has 5 nitrogen and oxygen atoms in total. The molecular formula is C13H19N3O2. The van der Waals surface area contributed by atoms with Gasteiger partial charge >= 0.3 is 0 Å². The normalized spacial score (nSPS) is 15.5. The highest BCUT2D eigenvalue weighted by atomic mass is 16.5. The second-order valence-corrected chi connectivity index (χ2v) is 4.26. The predicted octanol–water partition coefficient (Wildman–Crippen LogP) is 1.06. The number of aromatic nitrogens is 1. The summed E-state index contributed by atoms with van der Waals surface area (Å²) in [6.45, 7) is 5.96. The number of carbonyl (C=O) groups excluding carboxylic acids is 1. The van der Waals surface area contributed by atoms with Crippen molar-refractivity contribution in [3.8, 4) is 0 Å². The van der Waals surface area contributed by atoms with E-state index in [1.165, 1.54) is 0 Å². The van der Waals surface area contributed by atoms with Gasteiger partial charge < -0.3 is 15.0 Å². The Bertz CT molecular complexity index is 386. The first-order valence-corrected chi connectivity index (χ1v) is 6.38. The molecule has 0 radical (unpaired) electrons. The fourth-order valence-electron chi connectivity index (χ4n) is 1.86. The zero-order valence-electron chi connectivity index (χ0n) is 10.7. The van der Waals surface area contributed by atoms with Crippen molar-refractivity contribution in [2.45, 2.75) is 13.3 Å². The van der Waals surface area contributed by atoms with Gasteiger partial charge in [-0.1, -0.05) is 6.92 Å². The first-order chi connectivity index (χ1) is 8.81. The standard InChI is InChI=1S/C13H19N3O2/c1-2-5-14-13(17)12-4-3-11(10-15-12)16-6-8-18-9-7-16/h3-4,10H,2,5-9H2,1H3,(H,14,17). The van der Waals surface area contributed by atoms with E-state index in [9.17, 15) is 4.79 Å². The van der Waals surface area contributed by atoms with Crippen LogP contribution in [-0.2, 0) is 4.74 Å². The van der Waals surface area contributed by atoms with E-state index in [2.05, 4.69) is 15.2 Å². The van der Waals surface area contributed by atoms with Crippen molar-refractivity contribution >= 4 is 11.6 Å². The number of hydrogen-bond acceptors (Lipinski definition) is 4. The summed E-state index contributed by atoms with van der Waals surface area (Å²) in [6.07, 6.45) is 2.68. The monoisotopic (exact) mass is 249 g/mol. The first kappa shape index (κ1) is 12.8. The number of pyridine rings is 1. The number of ether oxygens (including phenoxy) is 1. The molecule has 0 aromatic carbocycles. The van der Waals surface area contributed by atoms with E-state index >= 15 is 0 Å². The molecule has 0 spiro atoms. The lowest BCUT2D eigenvalue weighted by Gasteiger charge is -2.28. The molecule has 18 heavy (non-hydrogen) atoms. The summed E-state index contributed by atoms with van der Waals surface area (Å²) in [5.41, 5.74) is 1.52. The summed E-state index contributed by atoms with van der Waals surface area (Å²) in [5.74, 6) is -0.106. The van der Waals surface area contributed by atoms with Crippen LogP contribution in [0.2, 0.25) is 0 Å². The van der Waals surface area contributed by atoms with Crippen molar-refractivity contribution in [1.82, 2.24) is 10.3 Å². The molecule has 2 heterocycles. The van der Waals surface area contributed by atoms with E-state index in [1.54, 1.807) is 12.3 Å². The lowest BCUT2D eigenvalue weighted by atomic mass is 10.3. The highest BCUT2D eigenvalue weighted by Crippen LogP contribution is 2.14. The van der Waals surface area contributed by atoms with Gasteiger partial charge in [-0.2, -0.15) is 0 Å². The van der Waals surface area contributed by atoms with Gasteiger partial charge in [-0.3, -0.25) is 4.79 Å². The summed E-state index contributed by atoms with van der Waals surface area (Å²) < 4.78 is 5.30. The van der Waals surface area contributed by atoms with Gasteiger partial charge in [0.2, 0.25) is 0 Å². The van der Waals surface area contributed by atoms with Crippen molar-refractivity contribution in [3.05, 3.63) is 24.0 Å². The molecule has 1 aliphatic heterocycles. The first-order valence-electron chi connectivity index (χ1n) is 6.38. The Morgan fingerprint density at radius 1 is 1.44 bits per heavy atom. The van der Waals surface area contributed by atoms with Crippen LogP contribution in [0.3, 0.4) is 0 Å². The molecule has 0 atom stereocenters. The van der Waals surface area contributed by atoms with Gasteiger partial charge in [-0.25, -0.2) is 4.98 Å². The van der Waals surface area contributed by atoms with Crippen molar-refractivity contribution in [1.29, 1.82) is 0 Å². The van der Waals surface area contributed by atoms with Gasteiger partial charge in [-0.15, -0.1) is 0 Å². The molecule has 1 N–H and O–H groups in total. The highest BCUT2D eigenvalue weighted by molar-refractivity contribution is 5.92. The van der Waals surface area contributed by atoms with Crippen molar-refractivity contribution in [2.75, 3.05) is 37.7 Å². The molecular weight excluding hydrogens is 230 g/mol. The molecule has 1 fully saturated rings. The largest absolute Gasteiger partial charge is 0.378 e. The molecule has 5 heteroatoms. The highest BCUT2D eigenvalue weighted by Gasteiger charge is 2.12. The van der Waals surface area contributed by atoms with Crippen LogP contribution in [0, 0.1) is 0 Å². The minimum Gasteiger partial charge on any atom is -0.378 e. The topological polar surface area (TPSA) is 54.5 Å². The zero-order chi connectivity index (χ0) is 12.8. The molecule has 2 rings (SSSR count). The minimum absolute atomic E-state index is 0.106. The fourth-order valence-corrected chi connectivity index (χ4v) is 1.86. The minimum atomic E-state index is -0.106. The fraction of sp³-hybridized carbons (Fsp3) is 0.538. The molecule has 1 amide bonds. The number of amides is 1. The van der Waals surface area contributed by atoms with Crippen LogP contribution >= 0.6 is 0 Å². The molecule has 1 aliphatic rings. The average molecular weight is 249 g/mol. The molecule has 1 aromatic heterocycles. The smallest absolute Gasteiger partial charge is 0.269 e. The Morgan fingerprint density at radius 3 is 2.83 bits per heavy atom. The van der Waals surface area contributed by atoms with E-state index in [4.69, 9.17) is 4.74 Å². The molecule has 1 aromatic rings. The summed E-state index contributed by atoms with van der Waals surface area (Å²) in [6, 6.07) is 3.72. The number of hydrogen-bond donors (Lipinski definition) is 1. The molecule has 98 valence electrons. The van der Waals surface area contributed by atoms with Crippen LogP contribution < -0.4 is 10.2 Å². The van der Waals surface area contributed by atoms with Gasteiger partial charge in [0.1, 0.15) is 5.69 Å². The average Bonchev–Trinajstić information content (AvgIpc) is 2.46. The van der Waals surface area contributed by atoms with Gasteiger partial charge in [0.15, 0.2) is 0 Å². The van der Waals surface area contributed by atoms with Crippen LogP contribution in [0.15, 0.2) is 18.3 Å².